The first-order chi connectivity index (χ1) is 10.5. The molecule has 22 heavy (non-hydrogen) atoms. The molecule has 2 atom stereocenters. The minimum atomic E-state index is -3.61. The van der Waals surface area contributed by atoms with Crippen LogP contribution in [0, 0.1) is 0 Å². The zero-order chi connectivity index (χ0) is 16.1. The van der Waals surface area contributed by atoms with Gasteiger partial charge in [0.05, 0.1) is 19.3 Å². The van der Waals surface area contributed by atoms with Crippen molar-refractivity contribution >= 4 is 10.1 Å². The molecule has 1 saturated carbocycles. The van der Waals surface area contributed by atoms with Crippen LogP contribution in [0.3, 0.4) is 0 Å². The molecule has 0 aromatic rings. The van der Waals surface area contributed by atoms with Crippen LogP contribution < -0.4 is 0 Å². The lowest BCUT2D eigenvalue weighted by Gasteiger charge is -2.25. The maximum atomic E-state index is 12.2. The second-order valence-corrected chi connectivity index (χ2v) is 8.31. The highest BCUT2D eigenvalue weighted by Gasteiger charge is 2.56. The van der Waals surface area contributed by atoms with E-state index in [0.717, 1.165) is 32.1 Å². The Morgan fingerprint density at radius 2 is 2.14 bits per heavy atom. The summed E-state index contributed by atoms with van der Waals surface area (Å²) in [7, 11) is -3.61. The second kappa shape index (κ2) is 8.06. The highest BCUT2D eigenvalue weighted by molar-refractivity contribution is 7.88. The molecule has 0 amide bonds. The summed E-state index contributed by atoms with van der Waals surface area (Å²) < 4.78 is 39.6. The molecule has 0 radical (unpaired) electrons. The van der Waals surface area contributed by atoms with Crippen molar-refractivity contribution in [1.82, 2.24) is 0 Å². The van der Waals surface area contributed by atoms with E-state index >= 15 is 0 Å². The molecule has 1 aliphatic heterocycles. The van der Waals surface area contributed by atoms with Crippen molar-refractivity contribution in [3.8, 4) is 0 Å². The number of unbranched alkanes of at least 4 members (excludes halogenated alkanes) is 1. The summed E-state index contributed by atoms with van der Waals surface area (Å²) in [5.41, 5.74) is 0. The van der Waals surface area contributed by atoms with E-state index in [0.29, 0.717) is 19.4 Å². The lowest BCUT2D eigenvalue weighted by molar-refractivity contribution is -0.175. The van der Waals surface area contributed by atoms with Gasteiger partial charge in [-0.2, -0.15) is 8.42 Å². The van der Waals surface area contributed by atoms with E-state index in [1.165, 1.54) is 0 Å². The van der Waals surface area contributed by atoms with Crippen molar-refractivity contribution in [3.05, 3.63) is 0 Å². The van der Waals surface area contributed by atoms with Gasteiger partial charge in [-0.1, -0.05) is 13.3 Å². The van der Waals surface area contributed by atoms with E-state index in [-0.39, 0.29) is 25.9 Å². The van der Waals surface area contributed by atoms with E-state index in [2.05, 4.69) is 0 Å². The third-order valence-electron chi connectivity index (χ3n) is 4.29. The molecule has 0 aromatic carbocycles. The minimum absolute atomic E-state index is 0.108. The summed E-state index contributed by atoms with van der Waals surface area (Å²) in [6, 6.07) is 0. The topological polar surface area (TPSA) is 82.1 Å². The van der Waals surface area contributed by atoms with Gasteiger partial charge in [-0.3, -0.25) is 4.18 Å². The van der Waals surface area contributed by atoms with Gasteiger partial charge in [-0.05, 0) is 44.9 Å². The highest BCUT2D eigenvalue weighted by atomic mass is 32.2. The van der Waals surface area contributed by atoms with Gasteiger partial charge in [0, 0.05) is 6.61 Å². The van der Waals surface area contributed by atoms with Crippen molar-refractivity contribution in [2.45, 2.75) is 75.4 Å². The first-order valence-corrected chi connectivity index (χ1v) is 9.70. The molecule has 130 valence electrons. The van der Waals surface area contributed by atoms with Gasteiger partial charge in [-0.25, -0.2) is 0 Å². The van der Waals surface area contributed by atoms with Crippen molar-refractivity contribution in [2.24, 2.45) is 0 Å². The maximum absolute atomic E-state index is 12.2. The van der Waals surface area contributed by atoms with Crippen molar-refractivity contribution in [2.75, 3.05) is 19.8 Å². The van der Waals surface area contributed by atoms with Gasteiger partial charge in [0.25, 0.3) is 10.1 Å². The number of rotatable bonds is 10. The van der Waals surface area contributed by atoms with Gasteiger partial charge >= 0.3 is 0 Å². The van der Waals surface area contributed by atoms with Crippen LogP contribution in [0.1, 0.15) is 58.3 Å². The summed E-state index contributed by atoms with van der Waals surface area (Å²) in [5, 5.41) is 10.1. The molecule has 1 heterocycles. The normalized spacial score (nSPS) is 25.8. The zero-order valence-electron chi connectivity index (χ0n) is 13.3. The number of aliphatic hydroxyl groups is 1. The summed E-state index contributed by atoms with van der Waals surface area (Å²) in [4.78, 5) is 0. The first kappa shape index (κ1) is 18.1. The summed E-state index contributed by atoms with van der Waals surface area (Å²) >= 11 is 0. The maximum Gasteiger partial charge on any atom is 0.273 e. The van der Waals surface area contributed by atoms with Crippen LogP contribution in [0.4, 0.5) is 0 Å². The SMILES string of the molecule is CCCCOS(=O)(=O)C1(CC(O)COC2CCCCO2)CC1. The van der Waals surface area contributed by atoms with Crippen molar-refractivity contribution < 1.29 is 27.2 Å². The van der Waals surface area contributed by atoms with Crippen LogP contribution >= 0.6 is 0 Å². The molecule has 7 heteroatoms. The number of hydrogen-bond acceptors (Lipinski definition) is 6. The molecule has 2 aliphatic rings. The molecule has 0 spiro atoms. The highest BCUT2D eigenvalue weighted by Crippen LogP contribution is 2.48. The molecule has 1 saturated heterocycles. The second-order valence-electron chi connectivity index (χ2n) is 6.30. The van der Waals surface area contributed by atoms with Gasteiger partial charge in [0.2, 0.25) is 0 Å². The Hall–Kier alpha value is -0.210. The molecule has 2 rings (SSSR count). The van der Waals surface area contributed by atoms with E-state index in [1.54, 1.807) is 0 Å². The number of hydrogen-bond donors (Lipinski definition) is 1. The molecule has 0 bridgehead atoms. The Morgan fingerprint density at radius 1 is 1.36 bits per heavy atom. The van der Waals surface area contributed by atoms with Crippen LogP contribution in [-0.4, -0.2) is 50.5 Å². The molecule has 2 fully saturated rings. The Kier molecular flexibility index (Phi) is 6.64. The Morgan fingerprint density at radius 3 is 2.73 bits per heavy atom. The Balaban J connectivity index is 1.75. The molecule has 2 unspecified atom stereocenters. The van der Waals surface area contributed by atoms with E-state index in [1.807, 2.05) is 6.92 Å². The fourth-order valence-corrected chi connectivity index (χ4v) is 4.27. The molecule has 6 nitrogen and oxygen atoms in total. The fraction of sp³-hybridized carbons (Fsp3) is 1.00. The van der Waals surface area contributed by atoms with Crippen LogP contribution in [0.25, 0.3) is 0 Å². The largest absolute Gasteiger partial charge is 0.391 e. The summed E-state index contributed by atoms with van der Waals surface area (Å²) in [6.45, 7) is 3.00. The standard InChI is InChI=1S/C15H28O6S/c1-2-3-10-21-22(17,18)15(7-8-15)11-13(16)12-20-14-6-4-5-9-19-14/h13-14,16H,2-12H2,1H3. The number of aliphatic hydroxyl groups excluding tert-OH is 1. The smallest absolute Gasteiger partial charge is 0.273 e. The quantitative estimate of drug-likeness (QED) is 0.485. The Labute approximate surface area is 133 Å². The third-order valence-corrected chi connectivity index (χ3v) is 6.41. The lowest BCUT2D eigenvalue weighted by atomic mass is 10.2. The molecular weight excluding hydrogens is 308 g/mol. The van der Waals surface area contributed by atoms with Gasteiger partial charge < -0.3 is 14.6 Å². The monoisotopic (exact) mass is 336 g/mol. The molecule has 1 N–H and O–H groups in total. The van der Waals surface area contributed by atoms with Crippen molar-refractivity contribution in [1.29, 1.82) is 0 Å². The average molecular weight is 336 g/mol. The van der Waals surface area contributed by atoms with Gasteiger partial charge in [0.1, 0.15) is 4.75 Å². The van der Waals surface area contributed by atoms with E-state index < -0.39 is 21.0 Å². The lowest BCUT2D eigenvalue weighted by Crippen LogP contribution is -2.34. The van der Waals surface area contributed by atoms with Crippen LogP contribution in [0.2, 0.25) is 0 Å². The molecular formula is C15H28O6S. The van der Waals surface area contributed by atoms with Gasteiger partial charge in [-0.15, -0.1) is 0 Å². The Bertz CT molecular complexity index is 425. The zero-order valence-corrected chi connectivity index (χ0v) is 14.1. The van der Waals surface area contributed by atoms with Crippen LogP contribution in [0.15, 0.2) is 0 Å². The first-order valence-electron chi connectivity index (χ1n) is 8.29. The van der Waals surface area contributed by atoms with E-state index in [9.17, 15) is 13.5 Å². The summed E-state index contributed by atoms with van der Waals surface area (Å²) in [5.74, 6) is 0. The van der Waals surface area contributed by atoms with Crippen LogP contribution in [-0.2, 0) is 23.8 Å². The third kappa shape index (κ3) is 4.89. The fourth-order valence-electron chi connectivity index (χ4n) is 2.68. The van der Waals surface area contributed by atoms with Gasteiger partial charge in [0.15, 0.2) is 6.29 Å². The minimum Gasteiger partial charge on any atom is -0.391 e. The molecule has 0 aromatic heterocycles. The van der Waals surface area contributed by atoms with Crippen LogP contribution in [0.5, 0.6) is 0 Å². The molecule has 1 aliphatic carbocycles. The summed E-state index contributed by atoms with van der Waals surface area (Å²) in [6.07, 6.45) is 4.75. The number of ether oxygens (including phenoxy) is 2. The van der Waals surface area contributed by atoms with Crippen molar-refractivity contribution in [3.63, 3.8) is 0 Å². The predicted octanol–water partition coefficient (Wildman–Crippen LogP) is 1.96. The predicted molar refractivity (Wildman–Crippen MR) is 81.9 cm³/mol. The van der Waals surface area contributed by atoms with E-state index in [4.69, 9.17) is 13.7 Å². The average Bonchev–Trinajstić information content (AvgIpc) is 3.28.